The van der Waals surface area contributed by atoms with Gasteiger partial charge in [0.2, 0.25) is 0 Å². The van der Waals surface area contributed by atoms with Gasteiger partial charge in [0, 0.05) is 6.42 Å². The van der Waals surface area contributed by atoms with Crippen molar-refractivity contribution in [3.05, 3.63) is 53.9 Å². The summed E-state index contributed by atoms with van der Waals surface area (Å²) < 4.78 is 15.5. The van der Waals surface area contributed by atoms with Crippen LogP contribution in [0.1, 0.15) is 24.1 Å². The molecule has 1 heterocycles. The molecule has 1 aliphatic rings. The Morgan fingerprint density at radius 2 is 2.18 bits per heavy atom. The number of nitriles is 1. The fourth-order valence-electron chi connectivity index (χ4n) is 2.71. The zero-order chi connectivity index (χ0) is 15.8. The average molecular weight is 320 g/mol. The molecule has 2 aromatic rings. The summed E-state index contributed by atoms with van der Waals surface area (Å²) in [5.74, 6) is -0.368. The molecular weight excluding hydrogens is 305 g/mol. The Hall–Kier alpha value is -1.90. The summed E-state index contributed by atoms with van der Waals surface area (Å²) in [6, 6.07) is 8.35. The standard InChI is InChI=1S/C16H15ClFN3O/c17-15(5-6-15)16(22,7-12-3-1-2-4-14(12)18)10-21-11-20-9-13(21)8-19/h1-4,9,11,22H,5-7,10H2/t16-/m0/s1. The van der Waals surface area contributed by atoms with Gasteiger partial charge in [-0.1, -0.05) is 18.2 Å². The molecule has 1 N–H and O–H groups in total. The zero-order valence-electron chi connectivity index (χ0n) is 11.8. The van der Waals surface area contributed by atoms with E-state index >= 15 is 0 Å². The highest BCUT2D eigenvalue weighted by atomic mass is 35.5. The third-order valence-corrected chi connectivity index (χ3v) is 4.95. The SMILES string of the molecule is N#Cc1cncn1C[C@@](O)(Cc1ccccc1F)C1(Cl)CC1. The number of aliphatic hydroxyl groups is 1. The molecule has 4 nitrogen and oxygen atoms in total. The molecule has 1 aromatic carbocycles. The first-order valence-corrected chi connectivity index (χ1v) is 7.40. The van der Waals surface area contributed by atoms with Crippen LogP contribution in [0.4, 0.5) is 4.39 Å². The molecule has 1 atom stereocenters. The summed E-state index contributed by atoms with van der Waals surface area (Å²) in [5.41, 5.74) is -0.591. The molecule has 0 bridgehead atoms. The molecule has 0 saturated heterocycles. The number of imidazole rings is 1. The van der Waals surface area contributed by atoms with Crippen LogP contribution in [0.25, 0.3) is 0 Å². The monoisotopic (exact) mass is 319 g/mol. The predicted molar refractivity (Wildman–Crippen MR) is 79.8 cm³/mol. The molecule has 1 aliphatic carbocycles. The van der Waals surface area contributed by atoms with Crippen LogP contribution >= 0.6 is 11.6 Å². The van der Waals surface area contributed by atoms with Gasteiger partial charge in [0.1, 0.15) is 23.2 Å². The quantitative estimate of drug-likeness (QED) is 0.862. The van der Waals surface area contributed by atoms with E-state index in [1.165, 1.54) is 18.6 Å². The van der Waals surface area contributed by atoms with Crippen LogP contribution in [0.5, 0.6) is 0 Å². The van der Waals surface area contributed by atoms with E-state index in [4.69, 9.17) is 16.9 Å². The van der Waals surface area contributed by atoms with Gasteiger partial charge in [-0.05, 0) is 24.5 Å². The van der Waals surface area contributed by atoms with E-state index < -0.39 is 10.5 Å². The number of nitrogens with zero attached hydrogens (tertiary/aromatic N) is 3. The summed E-state index contributed by atoms with van der Waals surface area (Å²) in [6.07, 6.45) is 4.32. The van der Waals surface area contributed by atoms with Crippen LogP contribution in [0.15, 0.2) is 36.8 Å². The Morgan fingerprint density at radius 3 is 2.82 bits per heavy atom. The first-order chi connectivity index (χ1) is 10.5. The molecule has 1 saturated carbocycles. The topological polar surface area (TPSA) is 61.8 Å². The number of benzene rings is 1. The molecule has 6 heteroatoms. The van der Waals surface area contributed by atoms with Crippen molar-refractivity contribution >= 4 is 11.6 Å². The first kappa shape index (κ1) is 15.0. The second-order valence-electron chi connectivity index (χ2n) is 5.78. The number of aromatic nitrogens is 2. The second kappa shape index (κ2) is 5.38. The smallest absolute Gasteiger partial charge is 0.139 e. The van der Waals surface area contributed by atoms with Gasteiger partial charge >= 0.3 is 0 Å². The number of rotatable bonds is 5. The minimum Gasteiger partial charge on any atom is -0.386 e. The van der Waals surface area contributed by atoms with Crippen molar-refractivity contribution in [3.8, 4) is 6.07 Å². The van der Waals surface area contributed by atoms with Crippen LogP contribution in [0.2, 0.25) is 0 Å². The fourth-order valence-corrected chi connectivity index (χ4v) is 2.93. The molecular formula is C16H15ClFN3O. The van der Waals surface area contributed by atoms with Crippen LogP contribution in [-0.4, -0.2) is 25.1 Å². The summed E-state index contributed by atoms with van der Waals surface area (Å²) in [6.45, 7) is 0.105. The van der Waals surface area contributed by atoms with Gasteiger partial charge in [0.05, 0.1) is 23.9 Å². The molecule has 0 spiro atoms. The summed E-state index contributed by atoms with van der Waals surface area (Å²) in [5, 5.41) is 20.2. The normalized spacial score (nSPS) is 18.5. The maximum Gasteiger partial charge on any atom is 0.139 e. The third kappa shape index (κ3) is 2.60. The van der Waals surface area contributed by atoms with E-state index in [0.29, 0.717) is 24.1 Å². The van der Waals surface area contributed by atoms with Crippen LogP contribution in [0.3, 0.4) is 0 Å². The highest BCUT2D eigenvalue weighted by molar-refractivity contribution is 6.26. The molecule has 22 heavy (non-hydrogen) atoms. The van der Waals surface area contributed by atoms with Gasteiger partial charge in [0.15, 0.2) is 0 Å². The van der Waals surface area contributed by atoms with Gasteiger partial charge in [-0.15, -0.1) is 11.6 Å². The Bertz CT molecular complexity index is 729. The largest absolute Gasteiger partial charge is 0.386 e. The number of alkyl halides is 1. The number of halogens is 2. The van der Waals surface area contributed by atoms with Crippen molar-refractivity contribution in [2.45, 2.75) is 36.3 Å². The Balaban J connectivity index is 1.93. The lowest BCUT2D eigenvalue weighted by Gasteiger charge is -2.34. The molecule has 1 fully saturated rings. The maximum absolute atomic E-state index is 13.9. The van der Waals surface area contributed by atoms with Gasteiger partial charge < -0.3 is 9.67 Å². The first-order valence-electron chi connectivity index (χ1n) is 7.02. The van der Waals surface area contributed by atoms with Crippen molar-refractivity contribution in [1.82, 2.24) is 9.55 Å². The van der Waals surface area contributed by atoms with Crippen LogP contribution in [0, 0.1) is 17.1 Å². The van der Waals surface area contributed by atoms with E-state index in [-0.39, 0.29) is 18.8 Å². The fraction of sp³-hybridized carbons (Fsp3) is 0.375. The lowest BCUT2D eigenvalue weighted by atomic mass is 9.88. The van der Waals surface area contributed by atoms with E-state index in [1.54, 1.807) is 22.8 Å². The minimum absolute atomic E-state index is 0.0895. The van der Waals surface area contributed by atoms with E-state index in [9.17, 15) is 9.50 Å². The number of hydrogen-bond acceptors (Lipinski definition) is 3. The second-order valence-corrected chi connectivity index (χ2v) is 6.51. The number of hydrogen-bond donors (Lipinski definition) is 1. The van der Waals surface area contributed by atoms with Crippen molar-refractivity contribution in [1.29, 1.82) is 5.26 Å². The van der Waals surface area contributed by atoms with Crippen LogP contribution < -0.4 is 0 Å². The molecule has 1 aromatic heterocycles. The van der Waals surface area contributed by atoms with E-state index in [0.717, 1.165) is 0 Å². The lowest BCUT2D eigenvalue weighted by molar-refractivity contribution is 0.00995. The van der Waals surface area contributed by atoms with Crippen molar-refractivity contribution in [3.63, 3.8) is 0 Å². The Morgan fingerprint density at radius 1 is 1.45 bits per heavy atom. The van der Waals surface area contributed by atoms with Crippen molar-refractivity contribution < 1.29 is 9.50 Å². The average Bonchev–Trinajstić information content (AvgIpc) is 3.10. The summed E-state index contributed by atoms with van der Waals surface area (Å²) in [7, 11) is 0. The molecule has 0 unspecified atom stereocenters. The summed E-state index contributed by atoms with van der Waals surface area (Å²) in [4.78, 5) is 3.13. The molecule has 0 amide bonds. The third-order valence-electron chi connectivity index (χ3n) is 4.22. The molecule has 3 rings (SSSR count). The highest BCUT2D eigenvalue weighted by Crippen LogP contribution is 2.53. The molecule has 0 radical (unpaired) electrons. The molecule has 114 valence electrons. The van der Waals surface area contributed by atoms with Gasteiger partial charge in [-0.3, -0.25) is 0 Å². The highest BCUT2D eigenvalue weighted by Gasteiger charge is 2.58. The van der Waals surface area contributed by atoms with Crippen molar-refractivity contribution in [2.75, 3.05) is 0 Å². The predicted octanol–water partition coefficient (Wildman–Crippen LogP) is 2.64. The van der Waals surface area contributed by atoms with Crippen molar-refractivity contribution in [2.24, 2.45) is 0 Å². The lowest BCUT2D eigenvalue weighted by Crippen LogP contribution is -2.47. The molecule has 0 aliphatic heterocycles. The Kier molecular flexibility index (Phi) is 3.67. The van der Waals surface area contributed by atoms with E-state index in [2.05, 4.69) is 4.98 Å². The zero-order valence-corrected chi connectivity index (χ0v) is 12.6. The van der Waals surface area contributed by atoms with E-state index in [1.807, 2.05) is 6.07 Å². The van der Waals surface area contributed by atoms with Crippen LogP contribution in [-0.2, 0) is 13.0 Å². The van der Waals surface area contributed by atoms with Gasteiger partial charge in [0.25, 0.3) is 0 Å². The Labute approximate surface area is 132 Å². The maximum atomic E-state index is 13.9. The van der Waals surface area contributed by atoms with Gasteiger partial charge in [-0.25, -0.2) is 9.37 Å². The summed E-state index contributed by atoms with van der Waals surface area (Å²) >= 11 is 6.48. The minimum atomic E-state index is -1.34. The van der Waals surface area contributed by atoms with Gasteiger partial charge in [-0.2, -0.15) is 5.26 Å².